The Labute approximate surface area is 176 Å². The van der Waals surface area contributed by atoms with E-state index < -0.39 is 7.12 Å². The second-order valence-corrected chi connectivity index (χ2v) is 7.76. The van der Waals surface area contributed by atoms with E-state index in [1.807, 2.05) is 43.3 Å². The molecular formula is C23H25BN4O2. The number of para-hydroxylation sites is 1. The molecule has 2 aromatic carbocycles. The van der Waals surface area contributed by atoms with Crippen molar-refractivity contribution in [3.05, 3.63) is 71.5 Å². The lowest BCUT2D eigenvalue weighted by Gasteiger charge is -2.12. The summed E-state index contributed by atoms with van der Waals surface area (Å²) in [4.78, 5) is 12.9. The molecule has 0 unspecified atom stereocenters. The average Bonchev–Trinajstić information content (AvgIpc) is 3.08. The number of aryl methyl sites for hydroxylation is 1. The van der Waals surface area contributed by atoms with Crippen LogP contribution in [0.3, 0.4) is 0 Å². The number of hydrogen-bond donors (Lipinski definition) is 4. The standard InChI is InChI=1S/C23H25BN4O2/c1-14(2)19-12-20(25-13-16-8-5-4-6-9-16)28-23(27-19)21-15(3)26-22-17(21)10-7-11-18(22)24(29)30/h4-12,14,26,29-30H,13H2,1-3H3,(H,25,27,28). The van der Waals surface area contributed by atoms with Crippen molar-refractivity contribution < 1.29 is 10.0 Å². The van der Waals surface area contributed by atoms with Crippen LogP contribution in [0.2, 0.25) is 0 Å². The van der Waals surface area contributed by atoms with Gasteiger partial charge in [0, 0.05) is 45.9 Å². The molecule has 0 saturated heterocycles. The SMILES string of the molecule is Cc1[nH]c2c(B(O)O)cccc2c1-c1nc(NCc2ccccc2)cc(C(C)C)n1. The highest BCUT2D eigenvalue weighted by atomic mass is 16.4. The number of rotatable bonds is 6. The first-order valence-corrected chi connectivity index (χ1v) is 10.1. The molecule has 4 rings (SSSR count). The summed E-state index contributed by atoms with van der Waals surface area (Å²) < 4.78 is 0. The Morgan fingerprint density at radius 3 is 2.50 bits per heavy atom. The van der Waals surface area contributed by atoms with Gasteiger partial charge in [0.1, 0.15) is 5.82 Å². The summed E-state index contributed by atoms with van der Waals surface area (Å²) >= 11 is 0. The van der Waals surface area contributed by atoms with Crippen molar-refractivity contribution in [3.8, 4) is 11.4 Å². The third kappa shape index (κ3) is 3.94. The molecule has 30 heavy (non-hydrogen) atoms. The van der Waals surface area contributed by atoms with Crippen molar-refractivity contribution >= 4 is 29.3 Å². The van der Waals surface area contributed by atoms with Gasteiger partial charge in [-0.15, -0.1) is 0 Å². The van der Waals surface area contributed by atoms with Crippen LogP contribution in [0.5, 0.6) is 0 Å². The number of H-pyrrole nitrogens is 1. The molecule has 2 aromatic heterocycles. The van der Waals surface area contributed by atoms with Gasteiger partial charge in [0.15, 0.2) is 5.82 Å². The zero-order chi connectivity index (χ0) is 21.3. The number of nitrogens with one attached hydrogen (secondary N) is 2. The van der Waals surface area contributed by atoms with Crippen molar-refractivity contribution in [2.45, 2.75) is 33.2 Å². The van der Waals surface area contributed by atoms with Gasteiger partial charge in [-0.3, -0.25) is 0 Å². The van der Waals surface area contributed by atoms with Crippen molar-refractivity contribution in [3.63, 3.8) is 0 Å². The molecule has 0 fully saturated rings. The minimum Gasteiger partial charge on any atom is -0.423 e. The molecule has 0 aliphatic heterocycles. The maximum absolute atomic E-state index is 9.73. The lowest BCUT2D eigenvalue weighted by molar-refractivity contribution is 0.426. The Morgan fingerprint density at radius 2 is 1.80 bits per heavy atom. The molecule has 2 heterocycles. The van der Waals surface area contributed by atoms with Crippen LogP contribution >= 0.6 is 0 Å². The van der Waals surface area contributed by atoms with Gasteiger partial charge in [-0.2, -0.15) is 0 Å². The zero-order valence-corrected chi connectivity index (χ0v) is 17.3. The lowest BCUT2D eigenvalue weighted by Crippen LogP contribution is -2.30. The Morgan fingerprint density at radius 1 is 1.03 bits per heavy atom. The number of hydrogen-bond acceptors (Lipinski definition) is 5. The topological polar surface area (TPSA) is 94.1 Å². The van der Waals surface area contributed by atoms with Crippen LogP contribution in [0.15, 0.2) is 54.6 Å². The highest BCUT2D eigenvalue weighted by molar-refractivity contribution is 6.61. The molecule has 7 heteroatoms. The van der Waals surface area contributed by atoms with Crippen molar-refractivity contribution in [2.75, 3.05) is 5.32 Å². The Kier molecular flexibility index (Phi) is 5.57. The summed E-state index contributed by atoms with van der Waals surface area (Å²) in [5.41, 5.74) is 5.00. The number of anilines is 1. The molecule has 0 radical (unpaired) electrons. The summed E-state index contributed by atoms with van der Waals surface area (Å²) in [6.45, 7) is 6.83. The van der Waals surface area contributed by atoms with Crippen LogP contribution in [-0.4, -0.2) is 32.1 Å². The van der Waals surface area contributed by atoms with E-state index in [9.17, 15) is 10.0 Å². The first kappa shape index (κ1) is 20.1. The molecule has 0 bridgehead atoms. The van der Waals surface area contributed by atoms with Gasteiger partial charge in [0.05, 0.1) is 0 Å². The van der Waals surface area contributed by atoms with E-state index in [1.165, 1.54) is 5.56 Å². The van der Waals surface area contributed by atoms with Gasteiger partial charge in [-0.1, -0.05) is 62.4 Å². The van der Waals surface area contributed by atoms with Gasteiger partial charge in [-0.25, -0.2) is 9.97 Å². The number of aromatic amines is 1. The first-order chi connectivity index (χ1) is 14.4. The predicted molar refractivity (Wildman–Crippen MR) is 122 cm³/mol. The fourth-order valence-electron chi connectivity index (χ4n) is 3.63. The van der Waals surface area contributed by atoms with Gasteiger partial charge in [-0.05, 0) is 18.4 Å². The van der Waals surface area contributed by atoms with Crippen LogP contribution in [0, 0.1) is 6.92 Å². The van der Waals surface area contributed by atoms with E-state index in [2.05, 4.69) is 36.3 Å². The minimum atomic E-state index is -1.55. The smallest absolute Gasteiger partial charge is 0.423 e. The number of aromatic nitrogens is 3. The monoisotopic (exact) mass is 400 g/mol. The fourth-order valence-corrected chi connectivity index (χ4v) is 3.63. The van der Waals surface area contributed by atoms with E-state index >= 15 is 0 Å². The Balaban J connectivity index is 1.79. The molecule has 0 spiro atoms. The summed E-state index contributed by atoms with van der Waals surface area (Å²) in [5.74, 6) is 1.62. The highest BCUT2D eigenvalue weighted by Crippen LogP contribution is 2.31. The summed E-state index contributed by atoms with van der Waals surface area (Å²) in [6.07, 6.45) is 0. The van der Waals surface area contributed by atoms with Crippen molar-refractivity contribution in [1.82, 2.24) is 15.0 Å². The molecule has 0 aliphatic carbocycles. The average molecular weight is 400 g/mol. The molecule has 0 aliphatic rings. The second kappa shape index (κ2) is 8.30. The lowest BCUT2D eigenvalue weighted by atomic mass is 9.79. The van der Waals surface area contributed by atoms with Gasteiger partial charge in [0.2, 0.25) is 0 Å². The fraction of sp³-hybridized carbons (Fsp3) is 0.217. The number of fused-ring (bicyclic) bond motifs is 1. The molecule has 0 amide bonds. The molecule has 152 valence electrons. The van der Waals surface area contributed by atoms with E-state index in [1.54, 1.807) is 6.07 Å². The zero-order valence-electron chi connectivity index (χ0n) is 17.3. The Bertz CT molecular complexity index is 1170. The maximum Gasteiger partial charge on any atom is 0.490 e. The van der Waals surface area contributed by atoms with Crippen LogP contribution in [-0.2, 0) is 6.54 Å². The van der Waals surface area contributed by atoms with Crippen molar-refractivity contribution in [1.29, 1.82) is 0 Å². The number of nitrogens with zero attached hydrogens (tertiary/aromatic N) is 2. The number of benzene rings is 2. The van der Waals surface area contributed by atoms with E-state index in [0.29, 0.717) is 23.3 Å². The van der Waals surface area contributed by atoms with Crippen LogP contribution < -0.4 is 10.8 Å². The van der Waals surface area contributed by atoms with E-state index in [-0.39, 0.29) is 5.92 Å². The van der Waals surface area contributed by atoms with E-state index in [0.717, 1.165) is 28.2 Å². The summed E-state index contributed by atoms with van der Waals surface area (Å²) in [5, 5.41) is 23.7. The third-order valence-corrected chi connectivity index (χ3v) is 5.21. The molecular weight excluding hydrogens is 375 g/mol. The molecule has 4 N–H and O–H groups in total. The van der Waals surface area contributed by atoms with E-state index in [4.69, 9.17) is 9.97 Å². The van der Waals surface area contributed by atoms with Gasteiger partial charge >= 0.3 is 7.12 Å². The van der Waals surface area contributed by atoms with Crippen molar-refractivity contribution in [2.24, 2.45) is 0 Å². The summed E-state index contributed by atoms with van der Waals surface area (Å²) in [7, 11) is -1.55. The predicted octanol–water partition coefficient (Wildman–Crippen LogP) is 3.35. The minimum absolute atomic E-state index is 0.240. The normalized spacial score (nSPS) is 11.3. The van der Waals surface area contributed by atoms with Gasteiger partial charge < -0.3 is 20.3 Å². The van der Waals surface area contributed by atoms with Crippen LogP contribution in [0.4, 0.5) is 5.82 Å². The molecule has 4 aromatic rings. The summed E-state index contributed by atoms with van der Waals surface area (Å²) in [6, 6.07) is 17.6. The molecule has 0 atom stereocenters. The first-order valence-electron chi connectivity index (χ1n) is 10.1. The largest absolute Gasteiger partial charge is 0.490 e. The quantitative estimate of drug-likeness (QED) is 0.373. The maximum atomic E-state index is 9.73. The van der Waals surface area contributed by atoms with Crippen LogP contribution in [0.1, 0.15) is 36.7 Å². The molecule has 6 nitrogen and oxygen atoms in total. The van der Waals surface area contributed by atoms with Gasteiger partial charge in [0.25, 0.3) is 0 Å². The highest BCUT2D eigenvalue weighted by Gasteiger charge is 2.21. The third-order valence-electron chi connectivity index (χ3n) is 5.21. The van der Waals surface area contributed by atoms with Crippen LogP contribution in [0.25, 0.3) is 22.3 Å². The molecule has 0 saturated carbocycles. The second-order valence-electron chi connectivity index (χ2n) is 7.76. The Hall–Kier alpha value is -3.16.